The molecule has 5 nitrogen and oxygen atoms in total. The molecule has 0 amide bonds. The van der Waals surface area contributed by atoms with Crippen molar-refractivity contribution in [1.29, 1.82) is 0 Å². The third kappa shape index (κ3) is 4.98. The molecule has 0 radical (unpaired) electrons. The lowest BCUT2D eigenvalue weighted by molar-refractivity contribution is -0.0340. The van der Waals surface area contributed by atoms with Gasteiger partial charge in [-0.15, -0.1) is 0 Å². The molecule has 0 bridgehead atoms. The zero-order valence-electron chi connectivity index (χ0n) is 10.8. The Kier molecular flexibility index (Phi) is 6.90. The van der Waals surface area contributed by atoms with E-state index in [1.165, 1.54) is 14.2 Å². The zero-order valence-corrected chi connectivity index (χ0v) is 14.0. The van der Waals surface area contributed by atoms with Gasteiger partial charge in [0.2, 0.25) is 5.41 Å². The fourth-order valence-corrected chi connectivity index (χ4v) is 3.16. The Balaban J connectivity index is 2.83. The summed E-state index contributed by atoms with van der Waals surface area (Å²) in [6.45, 7) is -0.455. The molecule has 0 spiro atoms. The van der Waals surface area contributed by atoms with Crippen molar-refractivity contribution in [3.05, 3.63) is 35.9 Å². The monoisotopic (exact) mass is 358 g/mol. The second kappa shape index (κ2) is 7.72. The molecule has 0 aliphatic heterocycles. The van der Waals surface area contributed by atoms with Gasteiger partial charge in [0.1, 0.15) is 6.79 Å². The van der Waals surface area contributed by atoms with Gasteiger partial charge in [0, 0.05) is 19.8 Å². The highest BCUT2D eigenvalue weighted by molar-refractivity contribution is 6.94. The topological polar surface area (TPSA) is 54.0 Å². The first-order valence-corrected chi connectivity index (χ1v) is 8.25. The summed E-state index contributed by atoms with van der Waals surface area (Å²) < 4.78 is 18.4. The number of benzene rings is 1. The van der Waals surface area contributed by atoms with Gasteiger partial charge in [0.15, 0.2) is 0 Å². The first-order chi connectivity index (χ1) is 9.34. The molecule has 0 heterocycles. The minimum Gasteiger partial charge on any atom is -0.371 e. The number of hydrogen-bond donors (Lipinski definition) is 0. The third-order valence-electron chi connectivity index (χ3n) is 2.32. The minimum absolute atomic E-state index is 0.400. The summed E-state index contributed by atoms with van der Waals surface area (Å²) in [5.74, 6) is 0. The highest BCUT2D eigenvalue weighted by Gasteiger charge is 2.49. The first kappa shape index (κ1) is 17.9. The molecule has 0 saturated heterocycles. The average molecular weight is 360 g/mol. The molecule has 1 aromatic rings. The zero-order chi connectivity index (χ0) is 15.2. The molecule has 0 atom stereocenters. The van der Waals surface area contributed by atoms with Crippen molar-refractivity contribution in [1.82, 2.24) is 0 Å². The van der Waals surface area contributed by atoms with Crippen LogP contribution in [0.25, 0.3) is 0 Å². The Hall–Kier alpha value is -0.183. The van der Waals surface area contributed by atoms with Crippen molar-refractivity contribution in [3.63, 3.8) is 0 Å². The second-order valence-corrected chi connectivity index (χ2v) is 8.36. The number of rotatable bonds is 7. The van der Waals surface area contributed by atoms with E-state index in [2.05, 4.69) is 0 Å². The third-order valence-corrected chi connectivity index (χ3v) is 5.07. The number of hydrogen-bond acceptors (Lipinski definition) is 5. The van der Waals surface area contributed by atoms with Crippen LogP contribution in [0.15, 0.2) is 30.3 Å². The summed E-state index contributed by atoms with van der Waals surface area (Å²) in [7, 11) is -1.00. The SMILES string of the molecule is CO[Si](OC)(OCOC(Cl)(Cl)Cl)C(=O)c1ccccc1. The molecule has 0 unspecified atom stereocenters. The Bertz CT molecular complexity index is 433. The average Bonchev–Trinajstić information content (AvgIpc) is 2.43. The van der Waals surface area contributed by atoms with Crippen LogP contribution >= 0.6 is 34.8 Å². The van der Waals surface area contributed by atoms with Crippen LogP contribution in [-0.4, -0.2) is 39.2 Å². The van der Waals surface area contributed by atoms with Crippen LogP contribution in [0, 0.1) is 0 Å². The smallest absolute Gasteiger partial charge is 0.371 e. The molecular weight excluding hydrogens is 347 g/mol. The van der Waals surface area contributed by atoms with Crippen LogP contribution in [0.1, 0.15) is 10.4 Å². The highest BCUT2D eigenvalue weighted by Crippen LogP contribution is 2.27. The molecule has 9 heteroatoms. The van der Waals surface area contributed by atoms with Gasteiger partial charge in [0.25, 0.3) is 3.98 Å². The lowest BCUT2D eigenvalue weighted by atomic mass is 10.2. The molecule has 20 heavy (non-hydrogen) atoms. The van der Waals surface area contributed by atoms with Gasteiger partial charge in [-0.3, -0.25) is 4.79 Å². The Morgan fingerprint density at radius 1 is 1.15 bits per heavy atom. The summed E-state index contributed by atoms with van der Waals surface area (Å²) in [6, 6.07) is 8.47. The lowest BCUT2D eigenvalue weighted by Gasteiger charge is -2.25. The maximum absolute atomic E-state index is 12.4. The molecule has 0 aliphatic rings. The molecule has 112 valence electrons. The number of alkyl halides is 3. The van der Waals surface area contributed by atoms with E-state index < -0.39 is 25.0 Å². The summed E-state index contributed by atoms with van der Waals surface area (Å²) >= 11 is 16.3. The van der Waals surface area contributed by atoms with E-state index in [1.54, 1.807) is 30.3 Å². The van der Waals surface area contributed by atoms with Gasteiger partial charge in [-0.25, -0.2) is 0 Å². The quantitative estimate of drug-likeness (QED) is 0.425. The summed E-state index contributed by atoms with van der Waals surface area (Å²) in [5.41, 5.74) is 0.400. The summed E-state index contributed by atoms with van der Waals surface area (Å²) in [6.07, 6.45) is 0. The molecule has 0 fully saturated rings. The maximum atomic E-state index is 12.4. The van der Waals surface area contributed by atoms with Gasteiger partial charge in [-0.2, -0.15) is 0 Å². The van der Waals surface area contributed by atoms with Gasteiger partial charge in [-0.1, -0.05) is 65.1 Å². The van der Waals surface area contributed by atoms with Gasteiger partial charge >= 0.3 is 8.80 Å². The Morgan fingerprint density at radius 3 is 2.15 bits per heavy atom. The molecule has 0 aliphatic carbocycles. The van der Waals surface area contributed by atoms with Crippen molar-refractivity contribution < 1.29 is 22.8 Å². The van der Waals surface area contributed by atoms with E-state index in [0.29, 0.717) is 5.56 Å². The number of carbonyl (C=O) groups is 1. The fourth-order valence-electron chi connectivity index (χ4n) is 1.39. The minimum atomic E-state index is -3.63. The number of ether oxygens (including phenoxy) is 1. The van der Waals surface area contributed by atoms with Crippen LogP contribution in [0.4, 0.5) is 0 Å². The predicted molar refractivity (Wildman–Crippen MR) is 77.9 cm³/mol. The maximum Gasteiger partial charge on any atom is 0.581 e. The van der Waals surface area contributed by atoms with E-state index in [9.17, 15) is 4.79 Å². The molecule has 0 saturated carbocycles. The number of halogens is 3. The Morgan fingerprint density at radius 2 is 1.70 bits per heavy atom. The first-order valence-electron chi connectivity index (χ1n) is 5.39. The molecular formula is C11H13Cl3O5Si. The van der Waals surface area contributed by atoms with E-state index >= 15 is 0 Å². The van der Waals surface area contributed by atoms with E-state index in [4.69, 9.17) is 52.8 Å². The summed E-state index contributed by atoms with van der Waals surface area (Å²) in [5, 5.41) is -0.406. The predicted octanol–water partition coefficient (Wildman–Crippen LogP) is 2.96. The van der Waals surface area contributed by atoms with Crippen molar-refractivity contribution in [2.75, 3.05) is 21.0 Å². The second-order valence-electron chi connectivity index (χ2n) is 3.51. The summed E-state index contributed by atoms with van der Waals surface area (Å²) in [4.78, 5) is 12.4. The van der Waals surface area contributed by atoms with Gasteiger partial charge < -0.3 is 18.0 Å². The Labute approximate surface area is 133 Å². The standard InChI is InChI=1S/C11H13Cl3O5Si/c1-16-20(17-2,19-8-18-11(12,13)14)10(15)9-6-4-3-5-7-9/h3-7H,8H2,1-2H3. The van der Waals surface area contributed by atoms with Crippen LogP contribution < -0.4 is 0 Å². The van der Waals surface area contributed by atoms with E-state index in [-0.39, 0.29) is 0 Å². The molecule has 1 rings (SSSR count). The highest BCUT2D eigenvalue weighted by atomic mass is 35.6. The van der Waals surface area contributed by atoms with Crippen molar-refractivity contribution in [3.8, 4) is 0 Å². The molecule has 0 N–H and O–H groups in total. The number of carbonyl (C=O) groups excluding carboxylic acids is 1. The van der Waals surface area contributed by atoms with Crippen LogP contribution in [-0.2, 0) is 18.0 Å². The van der Waals surface area contributed by atoms with Crippen LogP contribution in [0.2, 0.25) is 0 Å². The fraction of sp³-hybridized carbons (Fsp3) is 0.364. The van der Waals surface area contributed by atoms with Crippen LogP contribution in [0.5, 0.6) is 0 Å². The van der Waals surface area contributed by atoms with Crippen molar-refractivity contribution in [2.24, 2.45) is 0 Å². The van der Waals surface area contributed by atoms with Gasteiger partial charge in [0.05, 0.1) is 0 Å². The van der Waals surface area contributed by atoms with E-state index in [1.807, 2.05) is 0 Å². The van der Waals surface area contributed by atoms with Gasteiger partial charge in [-0.05, 0) is 0 Å². The molecule has 0 aromatic heterocycles. The van der Waals surface area contributed by atoms with Crippen molar-refractivity contribution >= 4 is 49.0 Å². The normalized spacial score (nSPS) is 12.4. The molecule has 1 aromatic carbocycles. The van der Waals surface area contributed by atoms with E-state index in [0.717, 1.165) is 0 Å². The van der Waals surface area contributed by atoms with Crippen molar-refractivity contribution in [2.45, 2.75) is 3.98 Å². The lowest BCUT2D eigenvalue weighted by Crippen LogP contribution is -2.53. The van der Waals surface area contributed by atoms with Crippen LogP contribution in [0.3, 0.4) is 0 Å². The largest absolute Gasteiger partial charge is 0.581 e.